The first-order chi connectivity index (χ1) is 12.1. The number of hydrogen-bond donors (Lipinski definition) is 1. The van der Waals surface area contributed by atoms with Gasteiger partial charge in [-0.15, -0.1) is 0 Å². The highest BCUT2D eigenvalue weighted by Gasteiger charge is 2.34. The van der Waals surface area contributed by atoms with E-state index in [-0.39, 0.29) is 34.7 Å². The summed E-state index contributed by atoms with van der Waals surface area (Å²) in [4.78, 5) is 25.6. The van der Waals surface area contributed by atoms with Crippen LogP contribution >= 0.6 is 0 Å². The maximum atomic E-state index is 12.9. The molecule has 26 heavy (non-hydrogen) atoms. The number of amides is 1. The number of carbonyl (C=O) groups is 2. The number of carbonyl (C=O) groups excluding carboxylic acids is 1. The molecule has 9 heteroatoms. The molecule has 1 saturated heterocycles. The molecule has 2 unspecified atom stereocenters. The van der Waals surface area contributed by atoms with E-state index in [2.05, 4.69) is 0 Å². The lowest BCUT2D eigenvalue weighted by Crippen LogP contribution is -2.47. The number of piperidine rings is 1. The van der Waals surface area contributed by atoms with E-state index in [0.29, 0.717) is 12.8 Å². The van der Waals surface area contributed by atoms with Gasteiger partial charge in [0, 0.05) is 32.2 Å². The van der Waals surface area contributed by atoms with Crippen molar-refractivity contribution in [2.24, 2.45) is 5.92 Å². The van der Waals surface area contributed by atoms with Crippen LogP contribution in [0.25, 0.3) is 0 Å². The van der Waals surface area contributed by atoms with Crippen LogP contribution in [0.1, 0.15) is 30.1 Å². The highest BCUT2D eigenvalue weighted by molar-refractivity contribution is 7.89. The van der Waals surface area contributed by atoms with Gasteiger partial charge in [-0.05, 0) is 38.0 Å². The minimum atomic E-state index is -3.80. The van der Waals surface area contributed by atoms with Crippen molar-refractivity contribution in [2.75, 3.05) is 27.7 Å². The number of sulfonamides is 1. The van der Waals surface area contributed by atoms with E-state index in [1.54, 1.807) is 0 Å². The van der Waals surface area contributed by atoms with Crippen molar-refractivity contribution in [1.82, 2.24) is 9.21 Å². The van der Waals surface area contributed by atoms with Crippen molar-refractivity contribution in [1.29, 1.82) is 0 Å². The molecular weight excluding hydrogens is 360 g/mol. The third kappa shape index (κ3) is 3.83. The maximum absolute atomic E-state index is 12.9. The van der Waals surface area contributed by atoms with Crippen molar-refractivity contribution in [3.05, 3.63) is 23.8 Å². The molecule has 1 aromatic carbocycles. The molecule has 1 N–H and O–H groups in total. The van der Waals surface area contributed by atoms with Crippen LogP contribution in [0, 0.1) is 5.92 Å². The Bertz CT molecular complexity index is 805. The van der Waals surface area contributed by atoms with Crippen LogP contribution in [-0.4, -0.2) is 68.4 Å². The molecule has 2 atom stereocenters. The predicted octanol–water partition coefficient (Wildman–Crippen LogP) is 1.27. The van der Waals surface area contributed by atoms with Gasteiger partial charge in [-0.3, -0.25) is 9.59 Å². The van der Waals surface area contributed by atoms with Gasteiger partial charge in [0.15, 0.2) is 0 Å². The number of benzene rings is 1. The average Bonchev–Trinajstić information content (AvgIpc) is 2.60. The highest BCUT2D eigenvalue weighted by atomic mass is 32.2. The summed E-state index contributed by atoms with van der Waals surface area (Å²) in [5.74, 6) is -1.79. The molecule has 0 aromatic heterocycles. The van der Waals surface area contributed by atoms with Crippen LogP contribution in [0.3, 0.4) is 0 Å². The minimum absolute atomic E-state index is 0.102. The zero-order valence-electron chi connectivity index (χ0n) is 15.3. The molecule has 2 rings (SSSR count). The third-order valence-corrected chi connectivity index (χ3v) is 6.50. The van der Waals surface area contributed by atoms with Crippen molar-refractivity contribution in [3.8, 4) is 5.75 Å². The Labute approximate surface area is 153 Å². The molecule has 0 radical (unpaired) electrons. The van der Waals surface area contributed by atoms with Crippen molar-refractivity contribution < 1.29 is 27.9 Å². The fourth-order valence-electron chi connectivity index (χ4n) is 2.97. The molecule has 0 spiro atoms. The molecule has 1 aliphatic heterocycles. The van der Waals surface area contributed by atoms with E-state index >= 15 is 0 Å². The molecule has 144 valence electrons. The Hall–Kier alpha value is -2.13. The number of aliphatic carboxylic acids is 1. The number of hydrogen-bond acceptors (Lipinski definition) is 5. The molecule has 1 heterocycles. The number of nitrogens with zero attached hydrogens (tertiary/aromatic N) is 2. The van der Waals surface area contributed by atoms with Crippen molar-refractivity contribution in [2.45, 2.75) is 30.7 Å². The Kier molecular flexibility index (Phi) is 5.92. The van der Waals surface area contributed by atoms with E-state index in [0.717, 1.165) is 4.31 Å². The Morgan fingerprint density at radius 1 is 1.27 bits per heavy atom. The first-order valence-electron chi connectivity index (χ1n) is 8.24. The lowest BCUT2D eigenvalue weighted by Gasteiger charge is -2.36. The molecule has 0 aliphatic carbocycles. The first kappa shape index (κ1) is 20.2. The van der Waals surface area contributed by atoms with Gasteiger partial charge in [-0.1, -0.05) is 0 Å². The molecule has 1 amide bonds. The summed E-state index contributed by atoms with van der Waals surface area (Å²) < 4.78 is 31.2. The summed E-state index contributed by atoms with van der Waals surface area (Å²) >= 11 is 0. The minimum Gasteiger partial charge on any atom is -0.495 e. The summed E-state index contributed by atoms with van der Waals surface area (Å²) in [6, 6.07) is 4.10. The average molecular weight is 384 g/mol. The second-order valence-electron chi connectivity index (χ2n) is 6.57. The van der Waals surface area contributed by atoms with E-state index in [9.17, 15) is 23.1 Å². The molecule has 1 fully saturated rings. The predicted molar refractivity (Wildman–Crippen MR) is 94.7 cm³/mol. The van der Waals surface area contributed by atoms with Crippen LogP contribution in [-0.2, 0) is 14.8 Å². The van der Waals surface area contributed by atoms with E-state index < -0.39 is 21.9 Å². The van der Waals surface area contributed by atoms with E-state index in [4.69, 9.17) is 4.74 Å². The van der Waals surface area contributed by atoms with E-state index in [1.165, 1.54) is 44.3 Å². The number of methoxy groups -OCH3 is 1. The molecule has 0 bridgehead atoms. The lowest BCUT2D eigenvalue weighted by molar-refractivity contribution is -0.143. The maximum Gasteiger partial charge on any atom is 0.308 e. The number of carboxylic acid groups (broad SMARTS) is 1. The fraction of sp³-hybridized carbons (Fsp3) is 0.529. The van der Waals surface area contributed by atoms with Crippen molar-refractivity contribution >= 4 is 21.9 Å². The Balaban J connectivity index is 2.42. The monoisotopic (exact) mass is 384 g/mol. The van der Waals surface area contributed by atoms with Gasteiger partial charge in [-0.2, -0.15) is 0 Å². The van der Waals surface area contributed by atoms with Crippen LogP contribution in [0.4, 0.5) is 0 Å². The number of ether oxygens (including phenoxy) is 1. The SMILES string of the molecule is COc1ccc(C(=O)N2CC(C(=O)O)CCC2C)cc1S(=O)(=O)N(C)C. The third-order valence-electron chi connectivity index (χ3n) is 4.66. The zero-order chi connectivity index (χ0) is 19.6. The fourth-order valence-corrected chi connectivity index (χ4v) is 4.04. The first-order valence-corrected chi connectivity index (χ1v) is 9.68. The highest BCUT2D eigenvalue weighted by Crippen LogP contribution is 2.29. The molecule has 1 aliphatic rings. The van der Waals surface area contributed by atoms with Gasteiger partial charge in [0.1, 0.15) is 10.6 Å². The quantitative estimate of drug-likeness (QED) is 0.820. The van der Waals surface area contributed by atoms with Gasteiger partial charge in [0.05, 0.1) is 13.0 Å². The largest absolute Gasteiger partial charge is 0.495 e. The summed E-state index contributed by atoms with van der Waals surface area (Å²) in [5.41, 5.74) is 0.184. The Morgan fingerprint density at radius 3 is 2.46 bits per heavy atom. The van der Waals surface area contributed by atoms with Crippen molar-refractivity contribution in [3.63, 3.8) is 0 Å². The molecule has 1 aromatic rings. The number of carboxylic acids is 1. The molecule has 8 nitrogen and oxygen atoms in total. The standard InChI is InChI=1S/C17H24N2O6S/c1-11-5-6-13(17(21)22)10-19(11)16(20)12-7-8-14(25-4)15(9-12)26(23,24)18(2)3/h7-9,11,13H,5-6,10H2,1-4H3,(H,21,22). The van der Waals surface area contributed by atoms with Gasteiger partial charge in [0.2, 0.25) is 10.0 Å². The van der Waals surface area contributed by atoms with Crippen LogP contribution < -0.4 is 4.74 Å². The Morgan fingerprint density at radius 2 is 1.92 bits per heavy atom. The van der Waals surface area contributed by atoms with Crippen LogP contribution in [0.5, 0.6) is 5.75 Å². The summed E-state index contributed by atoms with van der Waals surface area (Å²) in [5, 5.41) is 9.24. The van der Waals surface area contributed by atoms with Gasteiger partial charge in [0.25, 0.3) is 5.91 Å². The number of likely N-dealkylation sites (tertiary alicyclic amines) is 1. The topological polar surface area (TPSA) is 104 Å². The second kappa shape index (κ2) is 7.63. The van der Waals surface area contributed by atoms with E-state index in [1.807, 2.05) is 6.92 Å². The molecule has 0 saturated carbocycles. The summed E-state index contributed by atoms with van der Waals surface area (Å²) in [6.45, 7) is 1.97. The lowest BCUT2D eigenvalue weighted by atomic mass is 9.93. The second-order valence-corrected chi connectivity index (χ2v) is 8.69. The zero-order valence-corrected chi connectivity index (χ0v) is 16.1. The molecular formula is C17H24N2O6S. The number of rotatable bonds is 5. The normalized spacial score (nSPS) is 20.9. The van der Waals surface area contributed by atoms with Gasteiger partial charge in [-0.25, -0.2) is 12.7 Å². The van der Waals surface area contributed by atoms with Gasteiger partial charge >= 0.3 is 5.97 Å². The van der Waals surface area contributed by atoms with Gasteiger partial charge < -0.3 is 14.7 Å². The summed E-state index contributed by atoms with van der Waals surface area (Å²) in [6.07, 6.45) is 1.10. The van der Waals surface area contributed by atoms with Crippen LogP contribution in [0.2, 0.25) is 0 Å². The summed E-state index contributed by atoms with van der Waals surface area (Å²) in [7, 11) is 0.349. The smallest absolute Gasteiger partial charge is 0.308 e. The van der Waals surface area contributed by atoms with Crippen LogP contribution in [0.15, 0.2) is 23.1 Å².